The van der Waals surface area contributed by atoms with E-state index >= 15 is 0 Å². The van der Waals surface area contributed by atoms with Crippen LogP contribution in [0.2, 0.25) is 0 Å². The Labute approximate surface area is 125 Å². The van der Waals surface area contributed by atoms with Crippen molar-refractivity contribution in [1.82, 2.24) is 15.5 Å². The number of hydrogen-bond donors (Lipinski definition) is 2. The van der Waals surface area contributed by atoms with Crippen LogP contribution < -0.4 is 10.6 Å². The van der Waals surface area contributed by atoms with Crippen molar-refractivity contribution in [3.05, 3.63) is 0 Å². The fraction of sp³-hybridized carbons (Fsp3) is 0.938. The van der Waals surface area contributed by atoms with Gasteiger partial charge in [0, 0.05) is 26.2 Å². The number of aliphatic imine (C=N–C) groups is 1. The molecular formula is C16H34N4. The van der Waals surface area contributed by atoms with Crippen LogP contribution in [-0.2, 0) is 0 Å². The summed E-state index contributed by atoms with van der Waals surface area (Å²) in [5, 5.41) is 6.90. The van der Waals surface area contributed by atoms with Crippen LogP contribution in [0.3, 0.4) is 0 Å². The Morgan fingerprint density at radius 2 is 1.90 bits per heavy atom. The largest absolute Gasteiger partial charge is 0.356 e. The second-order valence-electron chi connectivity index (χ2n) is 6.22. The Hall–Kier alpha value is -0.770. The molecule has 1 fully saturated rings. The number of guanidine groups is 1. The molecule has 0 aromatic heterocycles. The molecule has 0 aliphatic carbocycles. The highest BCUT2D eigenvalue weighted by molar-refractivity contribution is 5.79. The maximum Gasteiger partial charge on any atom is 0.191 e. The van der Waals surface area contributed by atoms with E-state index in [9.17, 15) is 0 Å². The number of hydrogen-bond acceptors (Lipinski definition) is 2. The van der Waals surface area contributed by atoms with Gasteiger partial charge >= 0.3 is 0 Å². The van der Waals surface area contributed by atoms with E-state index in [0.29, 0.717) is 6.04 Å². The summed E-state index contributed by atoms with van der Waals surface area (Å²) in [6, 6.07) is 0.645. The van der Waals surface area contributed by atoms with Crippen molar-refractivity contribution in [2.75, 3.05) is 33.2 Å². The number of nitrogens with zero attached hydrogens (tertiary/aromatic N) is 2. The predicted molar refractivity (Wildman–Crippen MR) is 88.3 cm³/mol. The Bertz CT molecular complexity index is 270. The summed E-state index contributed by atoms with van der Waals surface area (Å²) in [5.74, 6) is 1.73. The summed E-state index contributed by atoms with van der Waals surface area (Å²) < 4.78 is 0. The van der Waals surface area contributed by atoms with Crippen LogP contribution >= 0.6 is 0 Å². The zero-order valence-corrected chi connectivity index (χ0v) is 13.9. The molecule has 118 valence electrons. The molecule has 0 spiro atoms. The number of rotatable bonds is 8. The third kappa shape index (κ3) is 6.60. The topological polar surface area (TPSA) is 39.7 Å². The van der Waals surface area contributed by atoms with Gasteiger partial charge in [0.15, 0.2) is 5.96 Å². The van der Waals surface area contributed by atoms with Crippen molar-refractivity contribution >= 4 is 5.96 Å². The zero-order valence-electron chi connectivity index (χ0n) is 13.9. The van der Waals surface area contributed by atoms with E-state index in [1.54, 1.807) is 0 Å². The van der Waals surface area contributed by atoms with Crippen LogP contribution in [0.4, 0.5) is 0 Å². The smallest absolute Gasteiger partial charge is 0.191 e. The van der Waals surface area contributed by atoms with Gasteiger partial charge in [-0.1, -0.05) is 20.8 Å². The van der Waals surface area contributed by atoms with Crippen LogP contribution in [-0.4, -0.2) is 50.1 Å². The van der Waals surface area contributed by atoms with Crippen molar-refractivity contribution in [2.45, 2.75) is 58.9 Å². The lowest BCUT2D eigenvalue weighted by Gasteiger charge is -2.27. The quantitative estimate of drug-likeness (QED) is 0.408. The van der Waals surface area contributed by atoms with Gasteiger partial charge in [0.25, 0.3) is 0 Å². The lowest BCUT2D eigenvalue weighted by molar-refractivity contribution is 0.236. The molecule has 1 aliphatic rings. The first-order valence-corrected chi connectivity index (χ1v) is 8.36. The molecule has 2 N–H and O–H groups in total. The van der Waals surface area contributed by atoms with E-state index in [0.717, 1.165) is 25.0 Å². The van der Waals surface area contributed by atoms with Gasteiger partial charge in [0.1, 0.15) is 0 Å². The van der Waals surface area contributed by atoms with Crippen molar-refractivity contribution in [1.29, 1.82) is 0 Å². The Morgan fingerprint density at radius 1 is 1.20 bits per heavy atom. The second kappa shape index (κ2) is 10.0. The van der Waals surface area contributed by atoms with E-state index in [1.165, 1.54) is 45.2 Å². The minimum absolute atomic E-state index is 0.645. The molecule has 4 nitrogen and oxygen atoms in total. The van der Waals surface area contributed by atoms with Crippen molar-refractivity contribution < 1.29 is 0 Å². The zero-order chi connectivity index (χ0) is 14.8. The summed E-state index contributed by atoms with van der Waals surface area (Å²) in [6.07, 6.45) is 6.41. The van der Waals surface area contributed by atoms with Gasteiger partial charge in [-0.2, -0.15) is 0 Å². The third-order valence-electron chi connectivity index (χ3n) is 4.11. The van der Waals surface area contributed by atoms with E-state index in [2.05, 4.69) is 41.3 Å². The van der Waals surface area contributed by atoms with Crippen LogP contribution in [0.15, 0.2) is 4.99 Å². The second-order valence-corrected chi connectivity index (χ2v) is 6.22. The third-order valence-corrected chi connectivity index (χ3v) is 4.11. The average Bonchev–Trinajstić information content (AvgIpc) is 2.95. The van der Waals surface area contributed by atoms with Gasteiger partial charge in [-0.05, 0) is 51.1 Å². The van der Waals surface area contributed by atoms with Gasteiger partial charge in [-0.15, -0.1) is 0 Å². The minimum Gasteiger partial charge on any atom is -0.356 e. The highest BCUT2D eigenvalue weighted by atomic mass is 15.2. The summed E-state index contributed by atoms with van der Waals surface area (Å²) in [6.45, 7) is 11.4. The van der Waals surface area contributed by atoms with Crippen LogP contribution in [0.25, 0.3) is 0 Å². The molecule has 1 rings (SSSR count). The molecule has 1 saturated heterocycles. The van der Waals surface area contributed by atoms with Gasteiger partial charge in [0.2, 0.25) is 0 Å². The normalized spacial score (nSPS) is 18.6. The molecule has 0 radical (unpaired) electrons. The van der Waals surface area contributed by atoms with E-state index < -0.39 is 0 Å². The molecule has 0 amide bonds. The first-order valence-electron chi connectivity index (χ1n) is 8.36. The SMILES string of the molecule is CCC(CNC(=NC)NCCCC(C)C)N1CCCC1. The van der Waals surface area contributed by atoms with E-state index in [4.69, 9.17) is 0 Å². The van der Waals surface area contributed by atoms with E-state index in [1.807, 2.05) is 7.05 Å². The van der Waals surface area contributed by atoms with Gasteiger partial charge in [-0.25, -0.2) is 0 Å². The van der Waals surface area contributed by atoms with Crippen LogP contribution in [0.1, 0.15) is 52.9 Å². The Balaban J connectivity index is 2.22. The molecule has 0 aromatic rings. The highest BCUT2D eigenvalue weighted by Crippen LogP contribution is 2.13. The van der Waals surface area contributed by atoms with Gasteiger partial charge < -0.3 is 10.6 Å². The molecule has 20 heavy (non-hydrogen) atoms. The molecule has 0 bridgehead atoms. The first kappa shape index (κ1) is 17.3. The van der Waals surface area contributed by atoms with E-state index in [-0.39, 0.29) is 0 Å². The first-order chi connectivity index (χ1) is 9.67. The highest BCUT2D eigenvalue weighted by Gasteiger charge is 2.20. The monoisotopic (exact) mass is 282 g/mol. The van der Waals surface area contributed by atoms with Crippen molar-refractivity contribution in [3.63, 3.8) is 0 Å². The van der Waals surface area contributed by atoms with Crippen LogP contribution in [0, 0.1) is 5.92 Å². The molecule has 1 heterocycles. The minimum atomic E-state index is 0.645. The molecule has 1 aliphatic heterocycles. The van der Waals surface area contributed by atoms with Crippen LogP contribution in [0.5, 0.6) is 0 Å². The fourth-order valence-corrected chi connectivity index (χ4v) is 2.79. The van der Waals surface area contributed by atoms with Gasteiger partial charge in [0.05, 0.1) is 0 Å². The summed E-state index contributed by atoms with van der Waals surface area (Å²) >= 11 is 0. The number of nitrogens with one attached hydrogen (secondary N) is 2. The maximum absolute atomic E-state index is 4.31. The molecule has 1 atom stereocenters. The Kier molecular flexibility index (Phi) is 8.67. The average molecular weight is 282 g/mol. The number of likely N-dealkylation sites (tertiary alicyclic amines) is 1. The van der Waals surface area contributed by atoms with Crippen molar-refractivity contribution in [2.24, 2.45) is 10.9 Å². The fourth-order valence-electron chi connectivity index (χ4n) is 2.79. The standard InChI is InChI=1S/C16H34N4/c1-5-15(20-11-6-7-12-20)13-19-16(17-4)18-10-8-9-14(2)3/h14-15H,5-13H2,1-4H3,(H2,17,18,19). The molecule has 0 aromatic carbocycles. The maximum atomic E-state index is 4.31. The Morgan fingerprint density at radius 3 is 2.45 bits per heavy atom. The predicted octanol–water partition coefficient (Wildman–Crippen LogP) is 2.46. The summed E-state index contributed by atoms with van der Waals surface area (Å²) in [5.41, 5.74) is 0. The molecule has 1 unspecified atom stereocenters. The van der Waals surface area contributed by atoms with Crippen molar-refractivity contribution in [3.8, 4) is 0 Å². The summed E-state index contributed by atoms with van der Waals surface area (Å²) in [4.78, 5) is 6.92. The molecular weight excluding hydrogens is 248 g/mol. The lowest BCUT2D eigenvalue weighted by Crippen LogP contribution is -2.46. The lowest BCUT2D eigenvalue weighted by atomic mass is 10.1. The summed E-state index contributed by atoms with van der Waals surface area (Å²) in [7, 11) is 1.86. The van der Waals surface area contributed by atoms with Gasteiger partial charge in [-0.3, -0.25) is 9.89 Å². The molecule has 0 saturated carbocycles. The molecule has 4 heteroatoms.